The lowest BCUT2D eigenvalue weighted by Crippen LogP contribution is -2.14. The Morgan fingerprint density at radius 1 is 1.19 bits per heavy atom. The van der Waals surface area contributed by atoms with Crippen LogP contribution in [0.25, 0.3) is 10.9 Å². The maximum absolute atomic E-state index is 12.4. The van der Waals surface area contributed by atoms with Crippen molar-refractivity contribution in [2.45, 2.75) is 6.92 Å². The number of hydrogen-bond donors (Lipinski definition) is 2. The minimum atomic E-state index is -0.498. The monoisotopic (exact) mass is 358 g/mol. The summed E-state index contributed by atoms with van der Waals surface area (Å²) in [6.45, 7) is 2.47. The van der Waals surface area contributed by atoms with E-state index in [0.717, 1.165) is 22.3 Å². The summed E-state index contributed by atoms with van der Waals surface area (Å²) in [6.07, 6.45) is 3.08. The Balaban J connectivity index is 1.73. The molecule has 0 atom stereocenters. The van der Waals surface area contributed by atoms with Gasteiger partial charge >= 0.3 is 0 Å². The second-order valence-electron chi connectivity index (χ2n) is 5.61. The molecular weight excluding hydrogens is 340 g/mol. The predicted octanol–water partition coefficient (Wildman–Crippen LogP) is 4.09. The maximum Gasteiger partial charge on any atom is 0.267 e. The molecule has 1 amide bonds. The van der Waals surface area contributed by atoms with Gasteiger partial charge in [0.15, 0.2) is 0 Å². The molecule has 6 heteroatoms. The zero-order valence-electron chi connectivity index (χ0n) is 14.8. The van der Waals surface area contributed by atoms with E-state index in [1.54, 1.807) is 30.5 Å². The highest BCUT2D eigenvalue weighted by atomic mass is 16.5. The maximum atomic E-state index is 12.4. The average molecular weight is 358 g/mol. The van der Waals surface area contributed by atoms with Gasteiger partial charge in [-0.3, -0.25) is 9.78 Å². The summed E-state index contributed by atoms with van der Waals surface area (Å²) in [6, 6.07) is 18.3. The first-order valence-electron chi connectivity index (χ1n) is 8.46. The number of nitrogens with one attached hydrogen (secondary N) is 2. The fourth-order valence-corrected chi connectivity index (χ4v) is 2.52. The summed E-state index contributed by atoms with van der Waals surface area (Å²) in [5.74, 6) is 0.221. The Labute approximate surface area is 157 Å². The van der Waals surface area contributed by atoms with Crippen LogP contribution in [0.3, 0.4) is 0 Å². The molecule has 0 aliphatic carbocycles. The van der Waals surface area contributed by atoms with Crippen molar-refractivity contribution in [2.75, 3.05) is 17.2 Å². The Morgan fingerprint density at radius 3 is 2.70 bits per heavy atom. The summed E-state index contributed by atoms with van der Waals surface area (Å²) in [5.41, 5.74) is 2.02. The average Bonchev–Trinajstić information content (AvgIpc) is 2.70. The molecule has 3 aromatic rings. The van der Waals surface area contributed by atoms with Crippen LogP contribution >= 0.6 is 0 Å². The van der Waals surface area contributed by atoms with Gasteiger partial charge in [0, 0.05) is 23.5 Å². The number of rotatable bonds is 6. The number of fused-ring (bicyclic) bond motifs is 1. The molecule has 0 saturated heterocycles. The molecule has 27 heavy (non-hydrogen) atoms. The van der Waals surface area contributed by atoms with E-state index < -0.39 is 5.91 Å². The first kappa shape index (κ1) is 18.0. The molecule has 134 valence electrons. The molecule has 1 aromatic heterocycles. The number of hydrogen-bond acceptors (Lipinski definition) is 5. The van der Waals surface area contributed by atoms with Crippen molar-refractivity contribution in [3.63, 3.8) is 0 Å². The van der Waals surface area contributed by atoms with Gasteiger partial charge in [0.05, 0.1) is 17.8 Å². The molecule has 0 unspecified atom stereocenters. The number of nitrogens with zero attached hydrogens (tertiary/aromatic N) is 2. The van der Waals surface area contributed by atoms with E-state index in [1.165, 1.54) is 6.20 Å². The van der Waals surface area contributed by atoms with E-state index >= 15 is 0 Å². The van der Waals surface area contributed by atoms with Crippen molar-refractivity contribution in [3.8, 4) is 11.8 Å². The highest BCUT2D eigenvalue weighted by Crippen LogP contribution is 2.21. The van der Waals surface area contributed by atoms with Crippen LogP contribution in [0.4, 0.5) is 11.4 Å². The summed E-state index contributed by atoms with van der Waals surface area (Å²) in [4.78, 5) is 16.7. The Kier molecular flexibility index (Phi) is 5.65. The molecule has 0 saturated carbocycles. The molecule has 0 bridgehead atoms. The van der Waals surface area contributed by atoms with Gasteiger partial charge in [0.1, 0.15) is 17.4 Å². The van der Waals surface area contributed by atoms with Gasteiger partial charge in [-0.05, 0) is 43.3 Å². The lowest BCUT2D eigenvalue weighted by molar-refractivity contribution is -0.112. The second kappa shape index (κ2) is 8.50. The van der Waals surface area contributed by atoms with Crippen LogP contribution in [0, 0.1) is 11.3 Å². The number of benzene rings is 2. The van der Waals surface area contributed by atoms with E-state index in [-0.39, 0.29) is 5.57 Å². The van der Waals surface area contributed by atoms with E-state index in [9.17, 15) is 10.1 Å². The first-order chi connectivity index (χ1) is 13.2. The molecule has 2 aromatic carbocycles. The van der Waals surface area contributed by atoms with Gasteiger partial charge < -0.3 is 15.4 Å². The summed E-state index contributed by atoms with van der Waals surface area (Å²) < 4.78 is 5.36. The highest BCUT2D eigenvalue weighted by molar-refractivity contribution is 6.07. The van der Waals surface area contributed by atoms with Crippen LogP contribution in [0.2, 0.25) is 0 Å². The summed E-state index contributed by atoms with van der Waals surface area (Å²) in [5, 5.41) is 16.0. The number of nitriles is 1. The first-order valence-corrected chi connectivity index (χ1v) is 8.46. The number of pyridine rings is 1. The van der Waals surface area contributed by atoms with E-state index in [2.05, 4.69) is 15.6 Å². The van der Waals surface area contributed by atoms with Crippen molar-refractivity contribution >= 4 is 28.2 Å². The topological polar surface area (TPSA) is 87.0 Å². The van der Waals surface area contributed by atoms with Crippen molar-refractivity contribution in [1.29, 1.82) is 5.26 Å². The third kappa shape index (κ3) is 4.41. The van der Waals surface area contributed by atoms with Crippen LogP contribution in [-0.4, -0.2) is 17.5 Å². The van der Waals surface area contributed by atoms with E-state index in [4.69, 9.17) is 4.74 Å². The van der Waals surface area contributed by atoms with Crippen molar-refractivity contribution in [2.24, 2.45) is 0 Å². The Bertz CT molecular complexity index is 1020. The lowest BCUT2D eigenvalue weighted by atomic mass is 10.2. The van der Waals surface area contributed by atoms with Crippen LogP contribution in [0.5, 0.6) is 5.75 Å². The molecular formula is C21H18N4O2. The Morgan fingerprint density at radius 2 is 1.96 bits per heavy atom. The van der Waals surface area contributed by atoms with Crippen molar-refractivity contribution < 1.29 is 9.53 Å². The largest absolute Gasteiger partial charge is 0.494 e. The van der Waals surface area contributed by atoms with E-state index in [1.807, 2.05) is 43.3 Å². The third-order valence-corrected chi connectivity index (χ3v) is 3.79. The second-order valence-corrected chi connectivity index (χ2v) is 5.61. The van der Waals surface area contributed by atoms with Crippen molar-refractivity contribution in [1.82, 2.24) is 4.98 Å². The van der Waals surface area contributed by atoms with Crippen LogP contribution < -0.4 is 15.4 Å². The molecule has 0 radical (unpaired) electrons. The Hall–Kier alpha value is -3.85. The van der Waals surface area contributed by atoms with Gasteiger partial charge in [-0.15, -0.1) is 0 Å². The number of para-hydroxylation sites is 1. The zero-order chi connectivity index (χ0) is 19.1. The number of ether oxygens (including phenoxy) is 1. The number of amides is 1. The number of carbonyl (C=O) groups is 1. The number of anilines is 2. The zero-order valence-corrected chi connectivity index (χ0v) is 14.8. The van der Waals surface area contributed by atoms with Crippen LogP contribution in [0.1, 0.15) is 6.92 Å². The third-order valence-electron chi connectivity index (χ3n) is 3.79. The minimum absolute atomic E-state index is 0.0446. The van der Waals surface area contributed by atoms with Gasteiger partial charge in [-0.25, -0.2) is 0 Å². The number of aromatic nitrogens is 1. The highest BCUT2D eigenvalue weighted by Gasteiger charge is 2.10. The molecule has 3 rings (SSSR count). The van der Waals surface area contributed by atoms with Crippen LogP contribution in [0.15, 0.2) is 72.6 Å². The van der Waals surface area contributed by atoms with Gasteiger partial charge in [0.2, 0.25) is 0 Å². The molecule has 0 aliphatic rings. The van der Waals surface area contributed by atoms with Crippen LogP contribution in [-0.2, 0) is 4.79 Å². The predicted molar refractivity (Wildman–Crippen MR) is 105 cm³/mol. The van der Waals surface area contributed by atoms with E-state index in [0.29, 0.717) is 12.3 Å². The quantitative estimate of drug-likeness (QED) is 0.512. The van der Waals surface area contributed by atoms with Gasteiger partial charge in [-0.2, -0.15) is 5.26 Å². The molecule has 0 spiro atoms. The number of carbonyl (C=O) groups excluding carboxylic acids is 1. The summed E-state index contributed by atoms with van der Waals surface area (Å²) in [7, 11) is 0. The smallest absolute Gasteiger partial charge is 0.267 e. The van der Waals surface area contributed by atoms with Gasteiger partial charge in [0.25, 0.3) is 5.91 Å². The molecule has 2 N–H and O–H groups in total. The molecule has 0 fully saturated rings. The normalized spacial score (nSPS) is 10.9. The molecule has 1 heterocycles. The fourth-order valence-electron chi connectivity index (χ4n) is 2.52. The molecule has 0 aliphatic heterocycles. The summed E-state index contributed by atoms with van der Waals surface area (Å²) >= 11 is 0. The SMILES string of the molecule is CCOc1ccc(NC(=O)/C(C#N)=C\Nc2cccc3cccnc23)cc1. The minimum Gasteiger partial charge on any atom is -0.494 e. The van der Waals surface area contributed by atoms with Gasteiger partial charge in [-0.1, -0.05) is 18.2 Å². The molecule has 6 nitrogen and oxygen atoms in total. The fraction of sp³-hybridized carbons (Fsp3) is 0.0952. The lowest BCUT2D eigenvalue weighted by Gasteiger charge is -2.08. The standard InChI is InChI=1S/C21H18N4O2/c1-2-27-18-10-8-17(9-11-18)25-21(26)16(13-22)14-24-19-7-3-5-15-6-4-12-23-20(15)19/h3-12,14,24H,2H2,1H3,(H,25,26)/b16-14-. The van der Waals surface area contributed by atoms with Crippen molar-refractivity contribution in [3.05, 3.63) is 72.6 Å².